The van der Waals surface area contributed by atoms with Crippen LogP contribution in [0.5, 0.6) is 0 Å². The van der Waals surface area contributed by atoms with Crippen LogP contribution in [0.15, 0.2) is 18.2 Å². The van der Waals surface area contributed by atoms with E-state index in [1.54, 1.807) is 6.07 Å². The molecule has 18 heavy (non-hydrogen) atoms. The van der Waals surface area contributed by atoms with Crippen molar-refractivity contribution >= 4 is 11.4 Å². The van der Waals surface area contributed by atoms with Crippen LogP contribution in [0.1, 0.15) is 31.7 Å². The Balaban J connectivity index is 2.61. The lowest BCUT2D eigenvalue weighted by atomic mass is 10.1. The maximum absolute atomic E-state index is 10.7. The van der Waals surface area contributed by atoms with E-state index < -0.39 is 4.92 Å². The smallest absolute Gasteiger partial charge is 0.269 e. The van der Waals surface area contributed by atoms with Gasteiger partial charge in [0.15, 0.2) is 0 Å². The normalized spacial score (nSPS) is 10.3. The van der Waals surface area contributed by atoms with Crippen molar-refractivity contribution in [2.24, 2.45) is 5.84 Å². The molecule has 0 saturated carbocycles. The molecule has 3 N–H and O–H groups in total. The van der Waals surface area contributed by atoms with Crippen LogP contribution in [0, 0.1) is 10.1 Å². The molecule has 0 aliphatic carbocycles. The molecule has 6 heteroatoms. The molecule has 0 fully saturated rings. The van der Waals surface area contributed by atoms with Crippen molar-refractivity contribution in [2.45, 2.75) is 32.8 Å². The van der Waals surface area contributed by atoms with Crippen molar-refractivity contribution in [1.82, 2.24) is 0 Å². The Hall–Kier alpha value is -1.66. The number of nitrogen functional groups attached to an aromatic ring is 1. The molecule has 0 heterocycles. The Morgan fingerprint density at radius 3 is 2.83 bits per heavy atom. The zero-order valence-corrected chi connectivity index (χ0v) is 10.5. The summed E-state index contributed by atoms with van der Waals surface area (Å²) in [6, 6.07) is 4.48. The molecule has 1 aromatic rings. The number of ether oxygens (including phenoxy) is 1. The first-order chi connectivity index (χ1) is 8.69. The van der Waals surface area contributed by atoms with E-state index in [-0.39, 0.29) is 5.69 Å². The van der Waals surface area contributed by atoms with E-state index in [0.717, 1.165) is 19.3 Å². The largest absolute Gasteiger partial charge is 0.377 e. The Morgan fingerprint density at radius 1 is 1.44 bits per heavy atom. The van der Waals surface area contributed by atoms with E-state index in [1.807, 2.05) is 0 Å². The number of benzene rings is 1. The van der Waals surface area contributed by atoms with Crippen LogP contribution in [0.4, 0.5) is 11.4 Å². The molecule has 6 nitrogen and oxygen atoms in total. The third-order valence-electron chi connectivity index (χ3n) is 2.60. The van der Waals surface area contributed by atoms with Gasteiger partial charge in [0.2, 0.25) is 0 Å². The number of nitro groups is 1. The van der Waals surface area contributed by atoms with Crippen molar-refractivity contribution in [1.29, 1.82) is 0 Å². The SMILES string of the molecule is CCCCCOCc1cc([N+](=O)[O-])ccc1NN. The lowest BCUT2D eigenvalue weighted by molar-refractivity contribution is -0.384. The molecule has 0 atom stereocenters. The Morgan fingerprint density at radius 2 is 2.22 bits per heavy atom. The number of non-ortho nitro benzene ring substituents is 1. The number of nitrogens with one attached hydrogen (secondary N) is 1. The molecule has 0 spiro atoms. The Labute approximate surface area is 106 Å². The quantitative estimate of drug-likeness (QED) is 0.321. The predicted octanol–water partition coefficient (Wildman–Crippen LogP) is 2.59. The molecule has 0 radical (unpaired) electrons. The first-order valence-corrected chi connectivity index (χ1v) is 6.00. The van der Waals surface area contributed by atoms with E-state index in [0.29, 0.717) is 24.5 Å². The van der Waals surface area contributed by atoms with Gasteiger partial charge in [-0.15, -0.1) is 0 Å². The number of rotatable bonds is 8. The second-order valence-corrected chi connectivity index (χ2v) is 4.00. The molecule has 0 amide bonds. The second kappa shape index (κ2) is 7.62. The van der Waals surface area contributed by atoms with Gasteiger partial charge in [0.1, 0.15) is 0 Å². The van der Waals surface area contributed by atoms with E-state index in [4.69, 9.17) is 10.6 Å². The maximum Gasteiger partial charge on any atom is 0.269 e. The minimum Gasteiger partial charge on any atom is -0.377 e. The number of hydrogen-bond acceptors (Lipinski definition) is 5. The number of nitro benzene ring substituents is 1. The van der Waals surface area contributed by atoms with Crippen LogP contribution < -0.4 is 11.3 Å². The number of hydrazine groups is 1. The van der Waals surface area contributed by atoms with Crippen molar-refractivity contribution in [3.05, 3.63) is 33.9 Å². The van der Waals surface area contributed by atoms with Crippen LogP contribution in [-0.4, -0.2) is 11.5 Å². The average Bonchev–Trinajstić information content (AvgIpc) is 2.38. The first-order valence-electron chi connectivity index (χ1n) is 6.00. The van der Waals surface area contributed by atoms with Gasteiger partial charge in [0.05, 0.1) is 17.2 Å². The molecule has 0 aliphatic heterocycles. The summed E-state index contributed by atoms with van der Waals surface area (Å²) in [4.78, 5) is 10.3. The van der Waals surface area contributed by atoms with E-state index in [9.17, 15) is 10.1 Å². The molecule has 0 bridgehead atoms. The van der Waals surface area contributed by atoms with Crippen molar-refractivity contribution in [3.63, 3.8) is 0 Å². The van der Waals surface area contributed by atoms with Crippen molar-refractivity contribution in [3.8, 4) is 0 Å². The van der Waals surface area contributed by atoms with Crippen LogP contribution in [0.3, 0.4) is 0 Å². The summed E-state index contributed by atoms with van der Waals surface area (Å²) < 4.78 is 5.48. The number of unbranched alkanes of at least 4 members (excludes halogenated alkanes) is 2. The molecule has 0 aliphatic rings. The highest BCUT2D eigenvalue weighted by atomic mass is 16.6. The summed E-state index contributed by atoms with van der Waals surface area (Å²) in [7, 11) is 0. The van der Waals surface area contributed by atoms with Gasteiger partial charge in [-0.3, -0.25) is 16.0 Å². The molecular formula is C12H19N3O3. The monoisotopic (exact) mass is 253 g/mol. The Bertz CT molecular complexity index is 396. The topological polar surface area (TPSA) is 90.4 Å². The fourth-order valence-corrected chi connectivity index (χ4v) is 1.59. The lowest BCUT2D eigenvalue weighted by Gasteiger charge is -2.09. The van der Waals surface area contributed by atoms with Gasteiger partial charge in [0.25, 0.3) is 5.69 Å². The van der Waals surface area contributed by atoms with Crippen LogP contribution in [-0.2, 0) is 11.3 Å². The summed E-state index contributed by atoms with van der Waals surface area (Å²) in [5, 5.41) is 10.7. The number of nitrogens with two attached hydrogens (primary N) is 1. The standard InChI is InChI=1S/C12H19N3O3/c1-2-3-4-7-18-9-10-8-11(15(16)17)5-6-12(10)14-13/h5-6,8,14H,2-4,7,9,13H2,1H3. The van der Waals surface area contributed by atoms with Gasteiger partial charge in [-0.2, -0.15) is 0 Å². The molecule has 100 valence electrons. The summed E-state index contributed by atoms with van der Waals surface area (Å²) in [5.41, 5.74) is 3.90. The van der Waals surface area contributed by atoms with Crippen LogP contribution in [0.25, 0.3) is 0 Å². The molecule has 0 aromatic heterocycles. The molecule has 0 saturated heterocycles. The summed E-state index contributed by atoms with van der Waals surface area (Å²) in [6.07, 6.45) is 3.25. The number of nitrogens with zero attached hydrogens (tertiary/aromatic N) is 1. The fourth-order valence-electron chi connectivity index (χ4n) is 1.59. The van der Waals surface area contributed by atoms with Gasteiger partial charge >= 0.3 is 0 Å². The molecule has 1 rings (SSSR count). The number of hydrogen-bond donors (Lipinski definition) is 2. The average molecular weight is 253 g/mol. The number of anilines is 1. The van der Waals surface area contributed by atoms with E-state index >= 15 is 0 Å². The highest BCUT2D eigenvalue weighted by Gasteiger charge is 2.10. The van der Waals surface area contributed by atoms with E-state index in [1.165, 1.54) is 12.1 Å². The summed E-state index contributed by atoms with van der Waals surface area (Å²) in [6.45, 7) is 3.10. The van der Waals surface area contributed by atoms with Gasteiger partial charge in [-0.25, -0.2) is 0 Å². The highest BCUT2D eigenvalue weighted by Crippen LogP contribution is 2.22. The van der Waals surface area contributed by atoms with Crippen molar-refractivity contribution in [2.75, 3.05) is 12.0 Å². The minimum absolute atomic E-state index is 0.0427. The zero-order chi connectivity index (χ0) is 13.4. The Kier molecular flexibility index (Phi) is 6.10. The van der Waals surface area contributed by atoms with E-state index in [2.05, 4.69) is 12.3 Å². The fraction of sp³-hybridized carbons (Fsp3) is 0.500. The zero-order valence-electron chi connectivity index (χ0n) is 10.5. The summed E-state index contributed by atoms with van der Waals surface area (Å²) in [5.74, 6) is 5.35. The van der Waals surface area contributed by atoms with Gasteiger partial charge in [0, 0.05) is 24.3 Å². The van der Waals surface area contributed by atoms with Crippen LogP contribution in [0.2, 0.25) is 0 Å². The molecular weight excluding hydrogens is 234 g/mol. The summed E-state index contributed by atoms with van der Waals surface area (Å²) >= 11 is 0. The third kappa shape index (κ3) is 4.31. The lowest BCUT2D eigenvalue weighted by Crippen LogP contribution is -2.10. The highest BCUT2D eigenvalue weighted by molar-refractivity contribution is 5.55. The van der Waals surface area contributed by atoms with Crippen molar-refractivity contribution < 1.29 is 9.66 Å². The minimum atomic E-state index is -0.430. The first kappa shape index (κ1) is 14.4. The van der Waals surface area contributed by atoms with Gasteiger partial charge in [-0.05, 0) is 12.5 Å². The second-order valence-electron chi connectivity index (χ2n) is 4.00. The third-order valence-corrected chi connectivity index (χ3v) is 2.60. The van der Waals surface area contributed by atoms with Gasteiger partial charge in [-0.1, -0.05) is 19.8 Å². The maximum atomic E-state index is 10.7. The molecule has 1 aromatic carbocycles. The predicted molar refractivity (Wildman–Crippen MR) is 70.1 cm³/mol. The van der Waals surface area contributed by atoms with Gasteiger partial charge < -0.3 is 10.2 Å². The molecule has 0 unspecified atom stereocenters. The van der Waals surface area contributed by atoms with Crippen LogP contribution >= 0.6 is 0 Å².